The number of aromatic nitrogens is 1. The lowest BCUT2D eigenvalue weighted by Gasteiger charge is -2.11. The zero-order valence-electron chi connectivity index (χ0n) is 12.2. The monoisotopic (exact) mass is 298 g/mol. The Kier molecular flexibility index (Phi) is 3.99. The van der Waals surface area contributed by atoms with E-state index in [1.54, 1.807) is 11.8 Å². The molecule has 2 aromatic carbocycles. The Labute approximate surface area is 128 Å². The molecular formula is C17H18N2OS. The molecule has 0 saturated heterocycles. The van der Waals surface area contributed by atoms with E-state index in [0.717, 1.165) is 22.4 Å². The molecule has 0 fully saturated rings. The third kappa shape index (κ3) is 3.28. The molecule has 0 aliphatic carbocycles. The van der Waals surface area contributed by atoms with E-state index >= 15 is 0 Å². The zero-order valence-corrected chi connectivity index (χ0v) is 13.0. The van der Waals surface area contributed by atoms with Crippen molar-refractivity contribution in [3.63, 3.8) is 0 Å². The van der Waals surface area contributed by atoms with E-state index in [1.165, 1.54) is 11.1 Å². The van der Waals surface area contributed by atoms with Crippen molar-refractivity contribution in [3.8, 4) is 0 Å². The van der Waals surface area contributed by atoms with E-state index < -0.39 is 0 Å². The molecule has 108 valence electrons. The first-order valence-corrected chi connectivity index (χ1v) is 7.82. The Morgan fingerprint density at radius 3 is 2.81 bits per heavy atom. The van der Waals surface area contributed by atoms with Gasteiger partial charge in [0, 0.05) is 10.9 Å². The maximum absolute atomic E-state index is 5.95. The fourth-order valence-electron chi connectivity index (χ4n) is 2.30. The van der Waals surface area contributed by atoms with Crippen LogP contribution in [0.5, 0.6) is 0 Å². The van der Waals surface area contributed by atoms with Crippen LogP contribution in [0.25, 0.3) is 11.1 Å². The molecular weight excluding hydrogens is 280 g/mol. The number of oxazole rings is 1. The van der Waals surface area contributed by atoms with Crippen molar-refractivity contribution in [2.75, 3.05) is 0 Å². The molecule has 3 nitrogen and oxygen atoms in total. The van der Waals surface area contributed by atoms with Crippen LogP contribution in [-0.2, 0) is 6.42 Å². The quantitative estimate of drug-likeness (QED) is 0.785. The highest BCUT2D eigenvalue weighted by molar-refractivity contribution is 7.99. The van der Waals surface area contributed by atoms with Crippen LogP contribution in [-0.4, -0.2) is 11.0 Å². The van der Waals surface area contributed by atoms with Gasteiger partial charge in [-0.2, -0.15) is 0 Å². The van der Waals surface area contributed by atoms with Crippen LogP contribution in [0.2, 0.25) is 0 Å². The van der Waals surface area contributed by atoms with E-state index in [4.69, 9.17) is 10.2 Å². The fourth-order valence-corrected chi connectivity index (χ4v) is 3.18. The van der Waals surface area contributed by atoms with Gasteiger partial charge in [0.05, 0.1) is 0 Å². The highest BCUT2D eigenvalue weighted by atomic mass is 32.2. The van der Waals surface area contributed by atoms with Gasteiger partial charge in [0.2, 0.25) is 0 Å². The van der Waals surface area contributed by atoms with E-state index in [1.807, 2.05) is 31.2 Å². The second-order valence-corrected chi connectivity index (χ2v) is 6.34. The molecule has 1 heterocycles. The first-order valence-electron chi connectivity index (χ1n) is 7.00. The van der Waals surface area contributed by atoms with Crippen molar-refractivity contribution >= 4 is 22.9 Å². The number of para-hydroxylation sites is 2. The minimum absolute atomic E-state index is 0.134. The number of nitrogens with zero attached hydrogens (tertiary/aromatic N) is 1. The number of fused-ring (bicyclic) bond motifs is 1. The highest BCUT2D eigenvalue weighted by Gasteiger charge is 2.11. The SMILES string of the molecule is Cc1ccc(Sc2nc3ccccc3o2)c(CC(C)N)c1. The third-order valence-electron chi connectivity index (χ3n) is 3.23. The van der Waals surface area contributed by atoms with E-state index in [9.17, 15) is 0 Å². The number of hydrogen-bond donors (Lipinski definition) is 1. The molecule has 1 atom stereocenters. The molecule has 0 amide bonds. The Morgan fingerprint density at radius 1 is 1.24 bits per heavy atom. The fraction of sp³-hybridized carbons (Fsp3) is 0.235. The van der Waals surface area contributed by atoms with Crippen molar-refractivity contribution in [2.24, 2.45) is 5.73 Å². The maximum atomic E-state index is 5.95. The van der Waals surface area contributed by atoms with Gasteiger partial charge in [0.1, 0.15) is 5.52 Å². The van der Waals surface area contributed by atoms with E-state index in [0.29, 0.717) is 5.22 Å². The third-order valence-corrected chi connectivity index (χ3v) is 4.20. The number of aryl methyl sites for hydroxylation is 1. The van der Waals surface area contributed by atoms with Gasteiger partial charge in [-0.1, -0.05) is 29.8 Å². The lowest BCUT2D eigenvalue weighted by atomic mass is 10.1. The Hall–Kier alpha value is -1.78. The summed E-state index contributed by atoms with van der Waals surface area (Å²) < 4.78 is 5.78. The predicted octanol–water partition coefficient (Wildman–Crippen LogP) is 4.18. The highest BCUT2D eigenvalue weighted by Crippen LogP contribution is 2.33. The van der Waals surface area contributed by atoms with Crippen LogP contribution in [0.4, 0.5) is 0 Å². The van der Waals surface area contributed by atoms with Gasteiger partial charge >= 0.3 is 0 Å². The lowest BCUT2D eigenvalue weighted by Crippen LogP contribution is -2.18. The Balaban J connectivity index is 1.93. The van der Waals surface area contributed by atoms with Crippen LogP contribution in [0.1, 0.15) is 18.1 Å². The summed E-state index contributed by atoms with van der Waals surface area (Å²) in [7, 11) is 0. The Morgan fingerprint density at radius 2 is 2.05 bits per heavy atom. The molecule has 2 N–H and O–H groups in total. The number of benzene rings is 2. The summed E-state index contributed by atoms with van der Waals surface area (Å²) in [5, 5.41) is 0.672. The molecule has 1 aromatic heterocycles. The summed E-state index contributed by atoms with van der Waals surface area (Å²) >= 11 is 1.56. The van der Waals surface area contributed by atoms with Crippen molar-refractivity contribution in [1.29, 1.82) is 0 Å². The average Bonchev–Trinajstić information content (AvgIpc) is 2.83. The molecule has 1 unspecified atom stereocenters. The van der Waals surface area contributed by atoms with E-state index in [-0.39, 0.29) is 6.04 Å². The standard InChI is InChI=1S/C17H18N2OS/c1-11-7-8-16(13(9-11)10-12(2)18)21-17-19-14-5-3-4-6-15(14)20-17/h3-9,12H,10,18H2,1-2H3. The lowest BCUT2D eigenvalue weighted by molar-refractivity contribution is 0.489. The summed E-state index contributed by atoms with van der Waals surface area (Å²) in [6.45, 7) is 4.12. The first-order chi connectivity index (χ1) is 10.1. The minimum Gasteiger partial charge on any atom is -0.431 e. The number of hydrogen-bond acceptors (Lipinski definition) is 4. The van der Waals surface area contributed by atoms with Crippen molar-refractivity contribution in [1.82, 2.24) is 4.98 Å². The molecule has 0 bridgehead atoms. The average molecular weight is 298 g/mol. The molecule has 3 rings (SSSR count). The van der Waals surface area contributed by atoms with Crippen LogP contribution in [0.15, 0.2) is 57.0 Å². The van der Waals surface area contributed by atoms with Gasteiger partial charge in [-0.15, -0.1) is 0 Å². The maximum Gasteiger partial charge on any atom is 0.261 e. The molecule has 4 heteroatoms. The topological polar surface area (TPSA) is 52.0 Å². The molecule has 0 saturated carbocycles. The summed E-state index contributed by atoms with van der Waals surface area (Å²) in [5.74, 6) is 0. The molecule has 0 aliphatic rings. The van der Waals surface area contributed by atoms with Crippen LogP contribution < -0.4 is 5.73 Å². The van der Waals surface area contributed by atoms with Crippen LogP contribution >= 0.6 is 11.8 Å². The smallest absolute Gasteiger partial charge is 0.261 e. The minimum atomic E-state index is 0.134. The summed E-state index contributed by atoms with van der Waals surface area (Å²) in [6.07, 6.45) is 0.851. The van der Waals surface area contributed by atoms with Crippen molar-refractivity contribution in [2.45, 2.75) is 36.4 Å². The largest absolute Gasteiger partial charge is 0.431 e. The van der Waals surface area contributed by atoms with Gasteiger partial charge < -0.3 is 10.2 Å². The van der Waals surface area contributed by atoms with Gasteiger partial charge in [-0.3, -0.25) is 0 Å². The van der Waals surface area contributed by atoms with Gasteiger partial charge in [0.25, 0.3) is 5.22 Å². The molecule has 0 spiro atoms. The van der Waals surface area contributed by atoms with Crippen molar-refractivity contribution in [3.05, 3.63) is 53.6 Å². The van der Waals surface area contributed by atoms with Crippen molar-refractivity contribution < 1.29 is 4.42 Å². The summed E-state index contributed by atoms with van der Waals surface area (Å²) in [4.78, 5) is 5.67. The molecule has 21 heavy (non-hydrogen) atoms. The second-order valence-electron chi connectivity index (χ2n) is 5.34. The Bertz CT molecular complexity index is 731. The van der Waals surface area contributed by atoms with Gasteiger partial charge in [-0.05, 0) is 55.8 Å². The van der Waals surface area contributed by atoms with E-state index in [2.05, 4.69) is 30.1 Å². The zero-order chi connectivity index (χ0) is 14.8. The normalized spacial score (nSPS) is 12.7. The predicted molar refractivity (Wildman–Crippen MR) is 86.7 cm³/mol. The van der Waals surface area contributed by atoms with Gasteiger partial charge in [0.15, 0.2) is 5.58 Å². The summed E-state index contributed by atoms with van der Waals surface area (Å²) in [5.41, 5.74) is 10.2. The molecule has 0 radical (unpaired) electrons. The van der Waals surface area contributed by atoms with Crippen LogP contribution in [0, 0.1) is 6.92 Å². The number of nitrogens with two attached hydrogens (primary N) is 1. The summed E-state index contributed by atoms with van der Waals surface area (Å²) in [6, 6.07) is 14.4. The van der Waals surface area contributed by atoms with Crippen LogP contribution in [0.3, 0.4) is 0 Å². The second kappa shape index (κ2) is 5.92. The number of rotatable bonds is 4. The molecule has 0 aliphatic heterocycles. The van der Waals surface area contributed by atoms with Gasteiger partial charge in [-0.25, -0.2) is 4.98 Å². The first kappa shape index (κ1) is 14.2. The molecule has 3 aromatic rings.